The molecule has 0 aromatic carbocycles. The highest BCUT2D eigenvalue weighted by Crippen LogP contribution is 2.26. The van der Waals surface area contributed by atoms with E-state index in [1.54, 1.807) is 6.92 Å². The lowest BCUT2D eigenvalue weighted by molar-refractivity contribution is -0.140. The van der Waals surface area contributed by atoms with E-state index in [2.05, 4.69) is 34.3 Å². The van der Waals surface area contributed by atoms with Gasteiger partial charge in [-0.2, -0.15) is 0 Å². The van der Waals surface area contributed by atoms with Gasteiger partial charge in [0.15, 0.2) is 0 Å². The standard InChI is InChI=1S/C38H74O2/c1-7-8-9-10-11-12-15-19-22-25-28-31-36(6)37(33-40-38(39)35(4)5)32-29-26-23-20-17-14-13-16-18-21-24-27-30-34(2)3/h34,36-37H,4,7-33H2,1-3,5-6H3. The molecule has 0 fully saturated rings. The summed E-state index contributed by atoms with van der Waals surface area (Å²) in [7, 11) is 0. The Morgan fingerprint density at radius 3 is 1.27 bits per heavy atom. The van der Waals surface area contributed by atoms with Crippen LogP contribution in [-0.2, 0) is 9.53 Å². The zero-order valence-corrected chi connectivity index (χ0v) is 28.3. The molecule has 0 aromatic heterocycles. The fraction of sp³-hybridized carbons (Fsp3) is 0.921. The third-order valence-corrected chi connectivity index (χ3v) is 8.95. The highest BCUT2D eigenvalue weighted by molar-refractivity contribution is 5.86. The van der Waals surface area contributed by atoms with Gasteiger partial charge in [-0.25, -0.2) is 4.79 Å². The smallest absolute Gasteiger partial charge is 0.333 e. The van der Waals surface area contributed by atoms with Crippen LogP contribution in [0.1, 0.15) is 202 Å². The molecule has 0 aliphatic heterocycles. The van der Waals surface area contributed by atoms with Crippen LogP contribution in [0.4, 0.5) is 0 Å². The Labute approximate surface area is 253 Å². The van der Waals surface area contributed by atoms with Crippen molar-refractivity contribution in [2.24, 2.45) is 17.8 Å². The van der Waals surface area contributed by atoms with Gasteiger partial charge in [-0.15, -0.1) is 0 Å². The second kappa shape index (κ2) is 29.7. The summed E-state index contributed by atoms with van der Waals surface area (Å²) in [6.07, 6.45) is 36.0. The summed E-state index contributed by atoms with van der Waals surface area (Å²) in [6, 6.07) is 0. The second-order valence-corrected chi connectivity index (χ2v) is 13.7. The minimum Gasteiger partial charge on any atom is -0.462 e. The van der Waals surface area contributed by atoms with Crippen LogP contribution >= 0.6 is 0 Å². The largest absolute Gasteiger partial charge is 0.462 e. The van der Waals surface area contributed by atoms with Crippen molar-refractivity contribution in [3.63, 3.8) is 0 Å². The SMILES string of the molecule is C=C(C)C(=O)OCC(CCCCCCCCCCCCCCC(C)C)C(C)CCCCCCCCCCCCC. The number of hydrogen-bond donors (Lipinski definition) is 0. The molecule has 0 aliphatic carbocycles. The molecule has 2 heteroatoms. The first-order valence-corrected chi connectivity index (χ1v) is 18.2. The summed E-state index contributed by atoms with van der Waals surface area (Å²) in [4.78, 5) is 12.0. The quantitative estimate of drug-likeness (QED) is 0.0477. The predicted molar refractivity (Wildman–Crippen MR) is 179 cm³/mol. The van der Waals surface area contributed by atoms with E-state index in [-0.39, 0.29) is 5.97 Å². The Morgan fingerprint density at radius 1 is 0.550 bits per heavy atom. The van der Waals surface area contributed by atoms with Crippen molar-refractivity contribution in [2.45, 2.75) is 202 Å². The molecule has 0 amide bonds. The minimum atomic E-state index is -0.220. The van der Waals surface area contributed by atoms with Gasteiger partial charge in [0.25, 0.3) is 0 Å². The van der Waals surface area contributed by atoms with E-state index < -0.39 is 0 Å². The summed E-state index contributed by atoms with van der Waals surface area (Å²) in [5.41, 5.74) is 0.517. The van der Waals surface area contributed by atoms with Gasteiger partial charge in [0.1, 0.15) is 0 Å². The van der Waals surface area contributed by atoms with Gasteiger partial charge in [0.2, 0.25) is 0 Å². The van der Waals surface area contributed by atoms with Gasteiger partial charge in [-0.3, -0.25) is 0 Å². The lowest BCUT2D eigenvalue weighted by Gasteiger charge is -2.24. The Bertz CT molecular complexity index is 552. The molecule has 0 radical (unpaired) electrons. The first kappa shape index (κ1) is 39.2. The molecule has 0 bridgehead atoms. The van der Waals surface area contributed by atoms with Crippen molar-refractivity contribution in [2.75, 3.05) is 6.61 Å². The Kier molecular flexibility index (Phi) is 29.1. The second-order valence-electron chi connectivity index (χ2n) is 13.7. The van der Waals surface area contributed by atoms with E-state index in [1.165, 1.54) is 167 Å². The van der Waals surface area contributed by atoms with E-state index >= 15 is 0 Å². The van der Waals surface area contributed by atoms with Crippen molar-refractivity contribution in [1.82, 2.24) is 0 Å². The normalized spacial score (nSPS) is 13.1. The van der Waals surface area contributed by atoms with Gasteiger partial charge in [0, 0.05) is 5.57 Å². The molecule has 0 aromatic rings. The number of rotatable bonds is 31. The first-order valence-electron chi connectivity index (χ1n) is 18.2. The highest BCUT2D eigenvalue weighted by atomic mass is 16.5. The zero-order valence-electron chi connectivity index (χ0n) is 28.3. The molecule has 0 saturated heterocycles. The molecule has 0 N–H and O–H groups in total. The molecule has 0 spiro atoms. The van der Waals surface area contributed by atoms with Crippen LogP contribution in [0.2, 0.25) is 0 Å². The molecule has 2 nitrogen and oxygen atoms in total. The van der Waals surface area contributed by atoms with Crippen LogP contribution in [0.5, 0.6) is 0 Å². The number of carbonyl (C=O) groups excluding carboxylic acids is 1. The maximum atomic E-state index is 12.0. The molecule has 0 saturated carbocycles. The van der Waals surface area contributed by atoms with Crippen LogP contribution in [0.25, 0.3) is 0 Å². The zero-order chi connectivity index (χ0) is 29.7. The molecule has 0 aliphatic rings. The fourth-order valence-corrected chi connectivity index (χ4v) is 5.93. The van der Waals surface area contributed by atoms with Crippen LogP contribution in [0.3, 0.4) is 0 Å². The molecular weight excluding hydrogens is 488 g/mol. The summed E-state index contributed by atoms with van der Waals surface area (Å²) < 4.78 is 5.63. The highest BCUT2D eigenvalue weighted by Gasteiger charge is 2.19. The molecular formula is C38H74O2. The maximum Gasteiger partial charge on any atom is 0.333 e. The maximum absolute atomic E-state index is 12.0. The van der Waals surface area contributed by atoms with Crippen molar-refractivity contribution in [3.8, 4) is 0 Å². The summed E-state index contributed by atoms with van der Waals surface area (Å²) in [5, 5.41) is 0. The van der Waals surface area contributed by atoms with Crippen LogP contribution in [0.15, 0.2) is 12.2 Å². The number of ether oxygens (including phenoxy) is 1. The molecule has 238 valence electrons. The van der Waals surface area contributed by atoms with Crippen molar-refractivity contribution < 1.29 is 9.53 Å². The third kappa shape index (κ3) is 27.4. The van der Waals surface area contributed by atoms with Gasteiger partial charge >= 0.3 is 5.97 Å². The van der Waals surface area contributed by atoms with Gasteiger partial charge in [-0.1, -0.05) is 195 Å². The van der Waals surface area contributed by atoms with Gasteiger partial charge < -0.3 is 4.74 Å². The Morgan fingerprint density at radius 2 is 0.900 bits per heavy atom. The number of carbonyl (C=O) groups is 1. The molecule has 2 unspecified atom stereocenters. The van der Waals surface area contributed by atoms with E-state index in [9.17, 15) is 4.79 Å². The van der Waals surface area contributed by atoms with Gasteiger partial charge in [0.05, 0.1) is 6.61 Å². The van der Waals surface area contributed by atoms with Crippen molar-refractivity contribution in [1.29, 1.82) is 0 Å². The van der Waals surface area contributed by atoms with Crippen LogP contribution < -0.4 is 0 Å². The topological polar surface area (TPSA) is 26.3 Å². The number of hydrogen-bond acceptors (Lipinski definition) is 2. The first-order chi connectivity index (χ1) is 19.4. The summed E-state index contributed by atoms with van der Waals surface area (Å²) >= 11 is 0. The molecule has 0 rings (SSSR count). The van der Waals surface area contributed by atoms with E-state index in [4.69, 9.17) is 4.74 Å². The van der Waals surface area contributed by atoms with Crippen LogP contribution in [0, 0.1) is 17.8 Å². The van der Waals surface area contributed by atoms with Gasteiger partial charge in [-0.05, 0) is 31.1 Å². The fourth-order valence-electron chi connectivity index (χ4n) is 5.93. The van der Waals surface area contributed by atoms with Crippen molar-refractivity contribution >= 4 is 5.97 Å². The van der Waals surface area contributed by atoms with Crippen LogP contribution in [-0.4, -0.2) is 12.6 Å². The average molecular weight is 563 g/mol. The summed E-state index contributed by atoms with van der Waals surface area (Å²) in [5.74, 6) is 1.77. The van der Waals surface area contributed by atoms with E-state index in [0.717, 1.165) is 5.92 Å². The van der Waals surface area contributed by atoms with E-state index in [1.807, 2.05) is 0 Å². The number of esters is 1. The van der Waals surface area contributed by atoms with Crippen molar-refractivity contribution in [3.05, 3.63) is 12.2 Å². The predicted octanol–water partition coefficient (Wildman–Crippen LogP) is 13.2. The molecule has 2 atom stereocenters. The van der Waals surface area contributed by atoms with E-state index in [0.29, 0.717) is 24.0 Å². The summed E-state index contributed by atoms with van der Waals surface area (Å²) in [6.45, 7) is 15.4. The molecule has 0 heterocycles. The number of unbranched alkanes of at least 4 members (excludes halogenated alkanes) is 21. The monoisotopic (exact) mass is 563 g/mol. The Balaban J connectivity index is 3.94. The average Bonchev–Trinajstić information content (AvgIpc) is 2.92. The lowest BCUT2D eigenvalue weighted by Crippen LogP contribution is -2.21. The molecule has 40 heavy (non-hydrogen) atoms. The Hall–Kier alpha value is -0.790. The third-order valence-electron chi connectivity index (χ3n) is 8.95. The minimum absolute atomic E-state index is 0.220. The lowest BCUT2D eigenvalue weighted by atomic mass is 9.85.